The Balaban J connectivity index is 1.88. The minimum atomic E-state index is -0.297. The third kappa shape index (κ3) is 4.95. The fourth-order valence-electron chi connectivity index (χ4n) is 2.30. The van der Waals surface area contributed by atoms with Gasteiger partial charge < -0.3 is 15.1 Å². The Morgan fingerprint density at radius 3 is 2.65 bits per heavy atom. The summed E-state index contributed by atoms with van der Waals surface area (Å²) in [4.78, 5) is 24.5. The van der Waals surface area contributed by atoms with Crippen molar-refractivity contribution in [1.29, 1.82) is 5.26 Å². The minimum Gasteiger partial charge on any atom is -0.373 e. The fourth-order valence-corrected chi connectivity index (χ4v) is 2.30. The zero-order valence-corrected chi connectivity index (χ0v) is 13.4. The molecule has 1 aliphatic rings. The van der Waals surface area contributed by atoms with E-state index in [2.05, 4.69) is 27.1 Å². The third-order valence-electron chi connectivity index (χ3n) is 3.64. The highest BCUT2D eigenvalue weighted by atomic mass is 16.1. The summed E-state index contributed by atoms with van der Waals surface area (Å²) in [5, 5.41) is 11.9. The molecule has 1 saturated heterocycles. The highest BCUT2D eigenvalue weighted by Gasteiger charge is 2.18. The summed E-state index contributed by atoms with van der Waals surface area (Å²) in [5.41, 5.74) is 0.158. The smallest absolute Gasteiger partial charge is 0.263 e. The number of hydrogen-bond acceptors (Lipinski definition) is 6. The lowest BCUT2D eigenvalue weighted by atomic mass is 10.2. The van der Waals surface area contributed by atoms with Crippen LogP contribution in [0.4, 0.5) is 5.95 Å². The van der Waals surface area contributed by atoms with Crippen LogP contribution in [0, 0.1) is 11.3 Å². The number of carbonyl (C=O) groups is 1. The molecule has 0 bridgehead atoms. The van der Waals surface area contributed by atoms with Crippen LogP contribution in [0.5, 0.6) is 0 Å². The first-order valence-electron chi connectivity index (χ1n) is 7.90. The Kier molecular flexibility index (Phi) is 6.36. The molecule has 0 unspecified atom stereocenters. The molecule has 0 aromatic carbocycles. The SMILES string of the molecule is CCCCNC(=O)/C(C#N)=C\N1CCN(c2ncccn2)CC1. The van der Waals surface area contributed by atoms with Crippen molar-refractivity contribution in [3.63, 3.8) is 0 Å². The van der Waals surface area contributed by atoms with Crippen molar-refractivity contribution >= 4 is 11.9 Å². The van der Waals surface area contributed by atoms with E-state index >= 15 is 0 Å². The maximum Gasteiger partial charge on any atom is 0.263 e. The lowest BCUT2D eigenvalue weighted by Gasteiger charge is -2.34. The van der Waals surface area contributed by atoms with E-state index in [9.17, 15) is 10.1 Å². The molecule has 7 nitrogen and oxygen atoms in total. The molecule has 1 amide bonds. The molecule has 23 heavy (non-hydrogen) atoms. The monoisotopic (exact) mass is 314 g/mol. The number of piperazine rings is 1. The van der Waals surface area contributed by atoms with Crippen LogP contribution >= 0.6 is 0 Å². The van der Waals surface area contributed by atoms with Crippen molar-refractivity contribution < 1.29 is 4.79 Å². The molecule has 7 heteroatoms. The number of unbranched alkanes of at least 4 members (excludes halogenated alkanes) is 1. The molecule has 1 fully saturated rings. The van der Waals surface area contributed by atoms with Gasteiger partial charge in [0.05, 0.1) is 0 Å². The number of nitriles is 1. The molecule has 0 atom stereocenters. The van der Waals surface area contributed by atoms with Gasteiger partial charge in [0.1, 0.15) is 11.6 Å². The molecule has 1 aliphatic heterocycles. The first-order chi connectivity index (χ1) is 11.2. The zero-order chi connectivity index (χ0) is 16.5. The van der Waals surface area contributed by atoms with Crippen molar-refractivity contribution in [2.45, 2.75) is 19.8 Å². The number of anilines is 1. The quantitative estimate of drug-likeness (QED) is 0.477. The molecule has 0 saturated carbocycles. The van der Waals surface area contributed by atoms with Crippen molar-refractivity contribution in [1.82, 2.24) is 20.2 Å². The molecule has 1 aromatic rings. The number of nitrogens with one attached hydrogen (secondary N) is 1. The first-order valence-corrected chi connectivity index (χ1v) is 7.90. The van der Waals surface area contributed by atoms with Crippen LogP contribution in [0.15, 0.2) is 30.2 Å². The van der Waals surface area contributed by atoms with Crippen molar-refractivity contribution in [2.24, 2.45) is 0 Å². The van der Waals surface area contributed by atoms with Crippen LogP contribution in [0.1, 0.15) is 19.8 Å². The molecular weight excluding hydrogens is 292 g/mol. The highest BCUT2D eigenvalue weighted by molar-refractivity contribution is 5.97. The molecule has 2 heterocycles. The molecule has 0 spiro atoms. The van der Waals surface area contributed by atoms with Gasteiger partial charge in [-0.2, -0.15) is 5.26 Å². The summed E-state index contributed by atoms with van der Waals surface area (Å²) in [7, 11) is 0. The van der Waals surface area contributed by atoms with Crippen LogP contribution in [-0.2, 0) is 4.79 Å². The lowest BCUT2D eigenvalue weighted by Crippen LogP contribution is -2.45. The van der Waals surface area contributed by atoms with Crippen molar-refractivity contribution in [3.8, 4) is 6.07 Å². The molecule has 1 N–H and O–H groups in total. The fraction of sp³-hybridized carbons (Fsp3) is 0.500. The van der Waals surface area contributed by atoms with E-state index in [1.807, 2.05) is 11.0 Å². The van der Waals surface area contributed by atoms with E-state index in [1.54, 1.807) is 24.7 Å². The third-order valence-corrected chi connectivity index (χ3v) is 3.64. The second kappa shape index (κ2) is 8.73. The van der Waals surface area contributed by atoms with Crippen LogP contribution < -0.4 is 10.2 Å². The van der Waals surface area contributed by atoms with E-state index in [0.717, 1.165) is 39.0 Å². The van der Waals surface area contributed by atoms with Gasteiger partial charge in [-0.3, -0.25) is 4.79 Å². The average Bonchev–Trinajstić information content (AvgIpc) is 2.61. The molecule has 2 rings (SSSR count). The Morgan fingerprint density at radius 1 is 1.35 bits per heavy atom. The predicted octanol–water partition coefficient (Wildman–Crippen LogP) is 0.922. The van der Waals surface area contributed by atoms with Gasteiger partial charge in [-0.1, -0.05) is 13.3 Å². The van der Waals surface area contributed by atoms with Crippen LogP contribution in [-0.4, -0.2) is 53.5 Å². The number of carbonyl (C=O) groups excluding carboxylic acids is 1. The van der Waals surface area contributed by atoms with Crippen molar-refractivity contribution in [3.05, 3.63) is 30.2 Å². The number of amides is 1. The summed E-state index contributed by atoms with van der Waals surface area (Å²) in [6.07, 6.45) is 7.03. The Bertz CT molecular complexity index is 572. The first kappa shape index (κ1) is 16.7. The van der Waals surface area contributed by atoms with E-state index in [0.29, 0.717) is 12.5 Å². The largest absolute Gasteiger partial charge is 0.373 e. The molecule has 0 aliphatic carbocycles. The zero-order valence-electron chi connectivity index (χ0n) is 13.4. The minimum absolute atomic E-state index is 0.158. The lowest BCUT2D eigenvalue weighted by molar-refractivity contribution is -0.117. The Hall–Kier alpha value is -2.62. The van der Waals surface area contributed by atoms with Gasteiger partial charge in [0.2, 0.25) is 5.95 Å². The molecule has 0 radical (unpaired) electrons. The van der Waals surface area contributed by atoms with Gasteiger partial charge in [0.15, 0.2) is 0 Å². The second-order valence-corrected chi connectivity index (χ2v) is 5.34. The number of rotatable bonds is 6. The van der Waals surface area contributed by atoms with Gasteiger partial charge in [0, 0.05) is 51.3 Å². The predicted molar refractivity (Wildman–Crippen MR) is 87.4 cm³/mol. The normalized spacial score (nSPS) is 15.2. The number of nitrogens with zero attached hydrogens (tertiary/aromatic N) is 5. The number of aromatic nitrogens is 2. The summed E-state index contributed by atoms with van der Waals surface area (Å²) in [5.74, 6) is 0.420. The summed E-state index contributed by atoms with van der Waals surface area (Å²) >= 11 is 0. The van der Waals surface area contributed by atoms with Gasteiger partial charge >= 0.3 is 0 Å². The Labute approximate surface area is 136 Å². The van der Waals surface area contributed by atoms with Crippen molar-refractivity contribution in [2.75, 3.05) is 37.6 Å². The Morgan fingerprint density at radius 2 is 2.04 bits per heavy atom. The highest BCUT2D eigenvalue weighted by Crippen LogP contribution is 2.10. The van der Waals surface area contributed by atoms with Gasteiger partial charge in [-0.25, -0.2) is 9.97 Å². The van der Waals surface area contributed by atoms with Crippen LogP contribution in [0.2, 0.25) is 0 Å². The summed E-state index contributed by atoms with van der Waals surface area (Å²) < 4.78 is 0. The van der Waals surface area contributed by atoms with Gasteiger partial charge in [-0.15, -0.1) is 0 Å². The molecule has 1 aromatic heterocycles. The topological polar surface area (TPSA) is 85.2 Å². The molecular formula is C16H22N6O. The maximum absolute atomic E-state index is 11.9. The van der Waals surface area contributed by atoms with Crippen LogP contribution in [0.3, 0.4) is 0 Å². The maximum atomic E-state index is 11.9. The van der Waals surface area contributed by atoms with Gasteiger partial charge in [-0.05, 0) is 12.5 Å². The molecule has 122 valence electrons. The van der Waals surface area contributed by atoms with E-state index in [-0.39, 0.29) is 11.5 Å². The van der Waals surface area contributed by atoms with E-state index < -0.39 is 0 Å². The van der Waals surface area contributed by atoms with Gasteiger partial charge in [0.25, 0.3) is 5.91 Å². The standard InChI is InChI=1S/C16H22N6O/c1-2-3-5-18-15(23)14(12-17)13-21-8-10-22(11-9-21)16-19-6-4-7-20-16/h4,6-7,13H,2-3,5,8-11H2,1H3,(H,18,23)/b14-13-. The van der Waals surface area contributed by atoms with Crippen LogP contribution in [0.25, 0.3) is 0 Å². The second-order valence-electron chi connectivity index (χ2n) is 5.34. The van der Waals surface area contributed by atoms with E-state index in [4.69, 9.17) is 0 Å². The number of hydrogen-bond donors (Lipinski definition) is 1. The summed E-state index contributed by atoms with van der Waals surface area (Å²) in [6, 6.07) is 3.78. The van der Waals surface area contributed by atoms with E-state index in [1.165, 1.54) is 0 Å². The summed E-state index contributed by atoms with van der Waals surface area (Å²) in [6.45, 7) is 5.64. The average molecular weight is 314 g/mol.